The van der Waals surface area contributed by atoms with Crippen molar-refractivity contribution in [3.05, 3.63) is 42.2 Å². The molecular weight excluding hydrogens is 222 g/mol. The molecule has 1 aromatic carbocycles. The third kappa shape index (κ3) is 3.15. The number of carboxylic acid groups (broad SMARTS) is 1. The Hall–Kier alpha value is -2.14. The van der Waals surface area contributed by atoms with Crippen LogP contribution in [0.15, 0.2) is 40.9 Å². The second-order valence-corrected chi connectivity index (χ2v) is 3.43. The monoisotopic (exact) mass is 233 g/mol. The van der Waals surface area contributed by atoms with Gasteiger partial charge in [0.25, 0.3) is 0 Å². The largest absolute Gasteiger partial charge is 0.480 e. The molecule has 0 bridgehead atoms. The average Bonchev–Trinajstić information content (AvgIpc) is 2.78. The molecule has 1 heterocycles. The fraction of sp³-hybridized carbons (Fsp3) is 0.167. The van der Waals surface area contributed by atoms with Crippen LogP contribution in [0.4, 0.5) is 0 Å². The molecule has 0 unspecified atom stereocenters. The average molecular weight is 233 g/mol. The number of carbonyl (C=O) groups is 1. The zero-order valence-corrected chi connectivity index (χ0v) is 9.00. The molecule has 17 heavy (non-hydrogen) atoms. The summed E-state index contributed by atoms with van der Waals surface area (Å²) in [7, 11) is 0. The van der Waals surface area contributed by atoms with Crippen molar-refractivity contribution in [1.29, 1.82) is 0 Å². The number of nitrogens with zero attached hydrogens (tertiary/aromatic N) is 1. The van der Waals surface area contributed by atoms with Gasteiger partial charge < -0.3 is 14.4 Å². The molecule has 0 fully saturated rings. The summed E-state index contributed by atoms with van der Waals surface area (Å²) in [5, 5.41) is 12.3. The lowest BCUT2D eigenvalue weighted by atomic mass is 10.1. The van der Waals surface area contributed by atoms with Crippen LogP contribution in [0.5, 0.6) is 0 Å². The second kappa shape index (κ2) is 5.27. The number of rotatable bonds is 5. The standard InChI is InChI=1S/C12H11NO4/c14-12(15)8-16-7-10-6-11(13-17-10)9-4-2-1-3-5-9/h1-6H,7-8H2,(H,14,15). The van der Waals surface area contributed by atoms with Gasteiger partial charge in [-0.25, -0.2) is 4.79 Å². The molecule has 2 rings (SSSR count). The number of aliphatic carboxylic acids is 1. The maximum Gasteiger partial charge on any atom is 0.329 e. The molecule has 88 valence electrons. The van der Waals surface area contributed by atoms with Crippen molar-refractivity contribution in [3.8, 4) is 11.3 Å². The van der Waals surface area contributed by atoms with Crippen molar-refractivity contribution in [2.75, 3.05) is 6.61 Å². The Labute approximate surface area is 97.6 Å². The zero-order chi connectivity index (χ0) is 12.1. The Morgan fingerprint density at radius 2 is 2.12 bits per heavy atom. The van der Waals surface area contributed by atoms with Crippen molar-refractivity contribution in [2.24, 2.45) is 0 Å². The zero-order valence-electron chi connectivity index (χ0n) is 9.00. The minimum Gasteiger partial charge on any atom is -0.480 e. The van der Waals surface area contributed by atoms with Crippen LogP contribution in [0.1, 0.15) is 5.76 Å². The molecule has 1 N–H and O–H groups in total. The fourth-order valence-corrected chi connectivity index (χ4v) is 1.36. The predicted molar refractivity (Wildman–Crippen MR) is 59.2 cm³/mol. The highest BCUT2D eigenvalue weighted by molar-refractivity contribution is 5.68. The van der Waals surface area contributed by atoms with Gasteiger partial charge in [-0.2, -0.15) is 0 Å². The van der Waals surface area contributed by atoms with E-state index in [0.29, 0.717) is 11.5 Å². The highest BCUT2D eigenvalue weighted by atomic mass is 16.5. The van der Waals surface area contributed by atoms with Gasteiger partial charge in [-0.05, 0) is 0 Å². The minimum absolute atomic E-state index is 0.103. The van der Waals surface area contributed by atoms with Crippen LogP contribution in [0.2, 0.25) is 0 Å². The van der Waals surface area contributed by atoms with Crippen LogP contribution in [-0.2, 0) is 16.1 Å². The van der Waals surface area contributed by atoms with Gasteiger partial charge in [0.1, 0.15) is 18.9 Å². The van der Waals surface area contributed by atoms with Crippen molar-refractivity contribution in [2.45, 2.75) is 6.61 Å². The first-order valence-electron chi connectivity index (χ1n) is 5.06. The van der Waals surface area contributed by atoms with Crippen LogP contribution in [0.3, 0.4) is 0 Å². The molecular formula is C12H11NO4. The van der Waals surface area contributed by atoms with Crippen LogP contribution in [-0.4, -0.2) is 22.8 Å². The van der Waals surface area contributed by atoms with Gasteiger partial charge in [0.15, 0.2) is 5.76 Å². The second-order valence-electron chi connectivity index (χ2n) is 3.43. The van der Waals surface area contributed by atoms with Crippen molar-refractivity contribution in [3.63, 3.8) is 0 Å². The van der Waals surface area contributed by atoms with Crippen LogP contribution in [0, 0.1) is 0 Å². The van der Waals surface area contributed by atoms with E-state index < -0.39 is 5.97 Å². The molecule has 0 aliphatic rings. The van der Waals surface area contributed by atoms with Gasteiger partial charge in [-0.1, -0.05) is 35.5 Å². The highest BCUT2D eigenvalue weighted by Crippen LogP contribution is 2.18. The van der Waals surface area contributed by atoms with Gasteiger partial charge in [-0.15, -0.1) is 0 Å². The maximum atomic E-state index is 10.2. The summed E-state index contributed by atoms with van der Waals surface area (Å²) in [5.74, 6) is -0.502. The molecule has 0 aliphatic carbocycles. The van der Waals surface area contributed by atoms with E-state index in [1.54, 1.807) is 6.07 Å². The summed E-state index contributed by atoms with van der Waals surface area (Å²) in [5.41, 5.74) is 1.65. The molecule has 0 saturated carbocycles. The highest BCUT2D eigenvalue weighted by Gasteiger charge is 2.06. The number of hydrogen-bond donors (Lipinski definition) is 1. The van der Waals surface area contributed by atoms with E-state index >= 15 is 0 Å². The summed E-state index contributed by atoms with van der Waals surface area (Å²) in [6, 6.07) is 11.3. The number of benzene rings is 1. The smallest absolute Gasteiger partial charge is 0.329 e. The molecule has 1 aromatic heterocycles. The maximum absolute atomic E-state index is 10.2. The normalized spacial score (nSPS) is 10.4. The van der Waals surface area contributed by atoms with Gasteiger partial charge in [0, 0.05) is 11.6 Å². The van der Waals surface area contributed by atoms with E-state index in [1.165, 1.54) is 0 Å². The Balaban J connectivity index is 1.99. The third-order valence-corrected chi connectivity index (χ3v) is 2.10. The lowest BCUT2D eigenvalue weighted by molar-refractivity contribution is -0.142. The summed E-state index contributed by atoms with van der Waals surface area (Å²) in [6.07, 6.45) is 0. The summed E-state index contributed by atoms with van der Waals surface area (Å²) in [4.78, 5) is 10.2. The molecule has 0 radical (unpaired) electrons. The van der Waals surface area contributed by atoms with Crippen LogP contribution >= 0.6 is 0 Å². The van der Waals surface area contributed by atoms with Crippen LogP contribution < -0.4 is 0 Å². The first-order valence-corrected chi connectivity index (χ1v) is 5.06. The lowest BCUT2D eigenvalue weighted by Crippen LogP contribution is -2.06. The quantitative estimate of drug-likeness (QED) is 0.854. The predicted octanol–water partition coefficient (Wildman–Crippen LogP) is 1.94. The summed E-state index contributed by atoms with van der Waals surface area (Å²) in [6.45, 7) is -0.243. The van der Waals surface area contributed by atoms with Crippen molar-refractivity contribution >= 4 is 5.97 Å². The summed E-state index contributed by atoms with van der Waals surface area (Å²) < 4.78 is 9.93. The first kappa shape index (κ1) is 11.3. The molecule has 5 nitrogen and oxygen atoms in total. The van der Waals surface area contributed by atoms with Crippen molar-refractivity contribution < 1.29 is 19.2 Å². The van der Waals surface area contributed by atoms with Gasteiger partial charge >= 0.3 is 5.97 Å². The number of ether oxygens (including phenoxy) is 1. The van der Waals surface area contributed by atoms with E-state index in [1.807, 2.05) is 30.3 Å². The summed E-state index contributed by atoms with van der Waals surface area (Å²) >= 11 is 0. The number of hydrogen-bond acceptors (Lipinski definition) is 4. The third-order valence-electron chi connectivity index (χ3n) is 2.10. The topological polar surface area (TPSA) is 72.6 Å². The SMILES string of the molecule is O=C(O)COCc1cc(-c2ccccc2)no1. The number of aromatic nitrogens is 1. The molecule has 5 heteroatoms. The molecule has 2 aromatic rings. The Bertz CT molecular complexity index is 492. The van der Waals surface area contributed by atoms with E-state index in [9.17, 15) is 4.79 Å². The van der Waals surface area contributed by atoms with E-state index in [2.05, 4.69) is 5.16 Å². The Morgan fingerprint density at radius 1 is 1.35 bits per heavy atom. The molecule has 0 atom stereocenters. The first-order chi connectivity index (χ1) is 8.25. The number of carboxylic acids is 1. The Morgan fingerprint density at radius 3 is 2.82 bits per heavy atom. The minimum atomic E-state index is -1.01. The van der Waals surface area contributed by atoms with Crippen LogP contribution in [0.25, 0.3) is 11.3 Å². The van der Waals surface area contributed by atoms with E-state index in [4.69, 9.17) is 14.4 Å². The van der Waals surface area contributed by atoms with Gasteiger partial charge in [-0.3, -0.25) is 0 Å². The van der Waals surface area contributed by atoms with Gasteiger partial charge in [0.05, 0.1) is 0 Å². The molecule has 0 spiro atoms. The van der Waals surface area contributed by atoms with E-state index in [-0.39, 0.29) is 13.2 Å². The molecule has 0 aliphatic heterocycles. The van der Waals surface area contributed by atoms with Gasteiger partial charge in [0.2, 0.25) is 0 Å². The lowest BCUT2D eigenvalue weighted by Gasteiger charge is -1.95. The Kier molecular flexibility index (Phi) is 3.52. The fourth-order valence-electron chi connectivity index (χ4n) is 1.36. The molecule has 0 saturated heterocycles. The van der Waals surface area contributed by atoms with E-state index in [0.717, 1.165) is 5.56 Å². The molecule has 0 amide bonds. The van der Waals surface area contributed by atoms with Crippen molar-refractivity contribution in [1.82, 2.24) is 5.16 Å².